The van der Waals surface area contributed by atoms with Gasteiger partial charge in [-0.05, 0) is 25.1 Å². The Kier molecular flexibility index (Phi) is 2.79. The van der Waals surface area contributed by atoms with Crippen molar-refractivity contribution in [2.24, 2.45) is 0 Å². The molecule has 0 radical (unpaired) electrons. The highest BCUT2D eigenvalue weighted by Crippen LogP contribution is 2.22. The lowest BCUT2D eigenvalue weighted by Crippen LogP contribution is -1.91. The molecule has 2 heterocycles. The van der Waals surface area contributed by atoms with Crippen molar-refractivity contribution in [2.75, 3.05) is 0 Å². The van der Waals surface area contributed by atoms with Crippen molar-refractivity contribution < 1.29 is 4.74 Å². The van der Waals surface area contributed by atoms with E-state index in [1.165, 1.54) is 0 Å². The average molecular weight is 211 g/mol. The molecule has 0 amide bonds. The maximum absolute atomic E-state index is 8.70. The third kappa shape index (κ3) is 2.15. The van der Waals surface area contributed by atoms with Gasteiger partial charge in [-0.2, -0.15) is 5.26 Å². The molecule has 4 nitrogen and oxygen atoms in total. The van der Waals surface area contributed by atoms with Gasteiger partial charge in [-0.25, -0.2) is 4.98 Å². The van der Waals surface area contributed by atoms with Gasteiger partial charge in [0.15, 0.2) is 0 Å². The number of nitriles is 1. The van der Waals surface area contributed by atoms with Gasteiger partial charge in [0.05, 0.1) is 5.69 Å². The van der Waals surface area contributed by atoms with Crippen molar-refractivity contribution in [3.05, 3.63) is 48.0 Å². The van der Waals surface area contributed by atoms with Crippen LogP contribution in [0.5, 0.6) is 11.5 Å². The van der Waals surface area contributed by atoms with Crippen LogP contribution in [0.2, 0.25) is 0 Å². The Morgan fingerprint density at radius 2 is 2.12 bits per heavy atom. The zero-order valence-electron chi connectivity index (χ0n) is 8.71. The normalized spacial score (nSPS) is 9.50. The average Bonchev–Trinajstić information content (AvgIpc) is 2.32. The van der Waals surface area contributed by atoms with Crippen LogP contribution in [0.15, 0.2) is 36.7 Å². The molecule has 0 aliphatic heterocycles. The molecule has 2 aromatic heterocycles. The molecular weight excluding hydrogens is 202 g/mol. The molecule has 0 saturated heterocycles. The smallest absolute Gasteiger partial charge is 0.148 e. The van der Waals surface area contributed by atoms with E-state index in [-0.39, 0.29) is 0 Å². The van der Waals surface area contributed by atoms with Crippen molar-refractivity contribution in [3.63, 3.8) is 0 Å². The van der Waals surface area contributed by atoms with E-state index in [0.29, 0.717) is 17.2 Å². The summed E-state index contributed by atoms with van der Waals surface area (Å²) < 4.78 is 5.60. The SMILES string of the molecule is Cc1ncccc1Oc1ccnc(C#N)c1. The Hall–Kier alpha value is -2.41. The van der Waals surface area contributed by atoms with E-state index < -0.39 is 0 Å². The van der Waals surface area contributed by atoms with Gasteiger partial charge in [0.2, 0.25) is 0 Å². The Bertz CT molecular complexity index is 546. The first-order valence-electron chi connectivity index (χ1n) is 4.75. The molecular formula is C12H9N3O. The predicted molar refractivity (Wildman–Crippen MR) is 58.0 cm³/mol. The maximum Gasteiger partial charge on any atom is 0.148 e. The van der Waals surface area contributed by atoms with E-state index >= 15 is 0 Å². The highest BCUT2D eigenvalue weighted by atomic mass is 16.5. The molecule has 0 bridgehead atoms. The van der Waals surface area contributed by atoms with Gasteiger partial charge in [-0.3, -0.25) is 4.98 Å². The minimum absolute atomic E-state index is 0.332. The fourth-order valence-electron chi connectivity index (χ4n) is 1.24. The van der Waals surface area contributed by atoms with Crippen molar-refractivity contribution >= 4 is 0 Å². The van der Waals surface area contributed by atoms with Gasteiger partial charge < -0.3 is 4.74 Å². The summed E-state index contributed by atoms with van der Waals surface area (Å²) in [7, 11) is 0. The topological polar surface area (TPSA) is 58.8 Å². The van der Waals surface area contributed by atoms with E-state index in [9.17, 15) is 0 Å². The number of ether oxygens (including phenoxy) is 1. The Labute approximate surface area is 93.2 Å². The van der Waals surface area contributed by atoms with Gasteiger partial charge in [-0.1, -0.05) is 0 Å². The summed E-state index contributed by atoms with van der Waals surface area (Å²) in [6.45, 7) is 1.86. The largest absolute Gasteiger partial charge is 0.455 e. The molecule has 0 aromatic carbocycles. The van der Waals surface area contributed by atoms with Crippen LogP contribution >= 0.6 is 0 Å². The van der Waals surface area contributed by atoms with E-state index in [4.69, 9.17) is 10.00 Å². The lowest BCUT2D eigenvalue weighted by molar-refractivity contribution is 0.475. The molecule has 2 aromatic rings. The molecule has 0 fully saturated rings. The molecule has 78 valence electrons. The summed E-state index contributed by atoms with van der Waals surface area (Å²) in [4.78, 5) is 7.98. The van der Waals surface area contributed by atoms with Crippen LogP contribution in [0, 0.1) is 18.3 Å². The predicted octanol–water partition coefficient (Wildman–Crippen LogP) is 2.45. The van der Waals surface area contributed by atoms with Gasteiger partial charge in [-0.15, -0.1) is 0 Å². The van der Waals surface area contributed by atoms with Gasteiger partial charge in [0.25, 0.3) is 0 Å². The third-order valence-corrected chi connectivity index (χ3v) is 2.03. The molecule has 0 aliphatic rings. The first-order chi connectivity index (χ1) is 7.79. The second-order valence-corrected chi connectivity index (χ2v) is 3.18. The zero-order chi connectivity index (χ0) is 11.4. The standard InChI is InChI=1S/C12H9N3O/c1-9-12(3-2-5-14-9)16-11-4-6-15-10(7-11)8-13/h2-7H,1H3. The second-order valence-electron chi connectivity index (χ2n) is 3.18. The number of aromatic nitrogens is 2. The third-order valence-electron chi connectivity index (χ3n) is 2.03. The van der Waals surface area contributed by atoms with Gasteiger partial charge in [0.1, 0.15) is 23.3 Å². The van der Waals surface area contributed by atoms with Gasteiger partial charge >= 0.3 is 0 Å². The van der Waals surface area contributed by atoms with Gasteiger partial charge in [0, 0.05) is 18.5 Å². The van der Waals surface area contributed by atoms with Crippen LogP contribution in [0.1, 0.15) is 11.4 Å². The summed E-state index contributed by atoms with van der Waals surface area (Å²) in [5.41, 5.74) is 1.14. The first kappa shape index (κ1) is 10.1. The maximum atomic E-state index is 8.70. The number of aryl methyl sites for hydroxylation is 1. The molecule has 2 rings (SSSR count). The summed E-state index contributed by atoms with van der Waals surface area (Å²) in [6.07, 6.45) is 3.25. The van der Waals surface area contributed by atoms with Crippen molar-refractivity contribution in [3.8, 4) is 17.6 Å². The van der Waals surface area contributed by atoms with Crippen molar-refractivity contribution in [1.29, 1.82) is 5.26 Å². The summed E-state index contributed by atoms with van der Waals surface area (Å²) >= 11 is 0. The summed E-state index contributed by atoms with van der Waals surface area (Å²) in [5, 5.41) is 8.70. The minimum atomic E-state index is 0.332. The minimum Gasteiger partial charge on any atom is -0.455 e. The van der Waals surface area contributed by atoms with Crippen LogP contribution in [0.3, 0.4) is 0 Å². The molecule has 4 heteroatoms. The monoisotopic (exact) mass is 211 g/mol. The Morgan fingerprint density at radius 3 is 2.88 bits per heavy atom. The first-order valence-corrected chi connectivity index (χ1v) is 4.75. The molecule has 0 spiro atoms. The number of rotatable bonds is 2. The fraction of sp³-hybridized carbons (Fsp3) is 0.0833. The highest BCUT2D eigenvalue weighted by Gasteiger charge is 2.02. The summed E-state index contributed by atoms with van der Waals surface area (Å²) in [6, 6.07) is 8.88. The second kappa shape index (κ2) is 4.41. The van der Waals surface area contributed by atoms with Crippen LogP contribution in [-0.2, 0) is 0 Å². The molecule has 0 unspecified atom stereocenters. The fourth-order valence-corrected chi connectivity index (χ4v) is 1.24. The Balaban J connectivity index is 2.28. The molecule has 0 atom stereocenters. The Morgan fingerprint density at radius 1 is 1.25 bits per heavy atom. The number of nitrogens with zero attached hydrogens (tertiary/aromatic N) is 3. The van der Waals surface area contributed by atoms with E-state index in [0.717, 1.165) is 5.69 Å². The van der Waals surface area contributed by atoms with E-state index in [1.54, 1.807) is 30.6 Å². The highest BCUT2D eigenvalue weighted by molar-refractivity contribution is 5.35. The van der Waals surface area contributed by atoms with E-state index in [2.05, 4.69) is 9.97 Å². The molecule has 0 N–H and O–H groups in total. The van der Waals surface area contributed by atoms with Crippen LogP contribution < -0.4 is 4.74 Å². The lowest BCUT2D eigenvalue weighted by Gasteiger charge is -2.06. The van der Waals surface area contributed by atoms with Crippen molar-refractivity contribution in [2.45, 2.75) is 6.92 Å². The van der Waals surface area contributed by atoms with Crippen LogP contribution in [0.25, 0.3) is 0 Å². The number of hydrogen-bond acceptors (Lipinski definition) is 4. The number of hydrogen-bond donors (Lipinski definition) is 0. The summed E-state index contributed by atoms with van der Waals surface area (Å²) in [5.74, 6) is 1.26. The molecule has 0 saturated carbocycles. The quantitative estimate of drug-likeness (QED) is 0.765. The lowest BCUT2D eigenvalue weighted by atomic mass is 10.3. The van der Waals surface area contributed by atoms with Crippen LogP contribution in [-0.4, -0.2) is 9.97 Å². The van der Waals surface area contributed by atoms with E-state index in [1.807, 2.05) is 19.1 Å². The molecule has 16 heavy (non-hydrogen) atoms. The zero-order valence-corrected chi connectivity index (χ0v) is 8.71. The number of pyridine rings is 2. The van der Waals surface area contributed by atoms with Crippen molar-refractivity contribution in [1.82, 2.24) is 9.97 Å². The van der Waals surface area contributed by atoms with Crippen LogP contribution in [0.4, 0.5) is 0 Å². The molecule has 0 aliphatic carbocycles.